The largest absolute Gasteiger partial charge is 0.461 e. The highest BCUT2D eigenvalue weighted by Crippen LogP contribution is 2.40. The molecule has 2 atom stereocenters. The number of nitrogens with zero attached hydrogens (tertiary/aromatic N) is 4. The Morgan fingerprint density at radius 2 is 2.45 bits per heavy atom. The van der Waals surface area contributed by atoms with Crippen LogP contribution in [0.1, 0.15) is 19.3 Å². The van der Waals surface area contributed by atoms with Gasteiger partial charge in [0.15, 0.2) is 5.65 Å². The third-order valence-electron chi connectivity index (χ3n) is 4.38. The number of imidazole rings is 1. The summed E-state index contributed by atoms with van der Waals surface area (Å²) in [5, 5.41) is 0. The Labute approximate surface area is 115 Å². The number of fused-ring (bicyclic) bond motifs is 2. The lowest BCUT2D eigenvalue weighted by Gasteiger charge is -2.30. The van der Waals surface area contributed by atoms with Gasteiger partial charge in [0, 0.05) is 13.0 Å². The summed E-state index contributed by atoms with van der Waals surface area (Å²) in [7, 11) is 0. The number of aromatic amines is 1. The first-order chi connectivity index (χ1) is 9.75. The van der Waals surface area contributed by atoms with Gasteiger partial charge < -0.3 is 9.72 Å². The molecule has 20 heavy (non-hydrogen) atoms. The van der Waals surface area contributed by atoms with Crippen molar-refractivity contribution >= 4 is 11.2 Å². The van der Waals surface area contributed by atoms with Crippen LogP contribution in [0.5, 0.6) is 6.01 Å². The highest BCUT2D eigenvalue weighted by molar-refractivity contribution is 5.68. The third kappa shape index (κ3) is 1.84. The molecule has 0 aromatic carbocycles. The molecule has 0 saturated carbocycles. The fourth-order valence-corrected chi connectivity index (χ4v) is 3.44. The zero-order valence-corrected chi connectivity index (χ0v) is 11.0. The monoisotopic (exact) mass is 277 g/mol. The van der Waals surface area contributed by atoms with Gasteiger partial charge in [0.2, 0.25) is 0 Å². The normalized spacial score (nSPS) is 29.9. The molecule has 2 fully saturated rings. The van der Waals surface area contributed by atoms with Crippen LogP contribution in [0.15, 0.2) is 12.5 Å². The van der Waals surface area contributed by atoms with Gasteiger partial charge in [-0.15, -0.1) is 0 Å². The minimum Gasteiger partial charge on any atom is -0.461 e. The van der Waals surface area contributed by atoms with Crippen LogP contribution in [0.25, 0.3) is 11.2 Å². The second-order valence-electron chi connectivity index (χ2n) is 5.66. The molecule has 4 heterocycles. The van der Waals surface area contributed by atoms with E-state index in [0.29, 0.717) is 31.2 Å². The van der Waals surface area contributed by atoms with E-state index in [1.165, 1.54) is 0 Å². The first kappa shape index (κ1) is 12.0. The maximum Gasteiger partial charge on any atom is 0.318 e. The van der Waals surface area contributed by atoms with E-state index in [1.807, 2.05) is 0 Å². The van der Waals surface area contributed by atoms with Crippen LogP contribution < -0.4 is 4.74 Å². The van der Waals surface area contributed by atoms with Gasteiger partial charge >= 0.3 is 6.01 Å². The molecular formula is C13H16FN5O. The Morgan fingerprint density at radius 3 is 3.40 bits per heavy atom. The fraction of sp³-hybridized carbons (Fsp3) is 0.615. The Balaban J connectivity index is 1.51. The molecule has 0 bridgehead atoms. The summed E-state index contributed by atoms with van der Waals surface area (Å²) in [6, 6.07) is 0.313. The van der Waals surface area contributed by atoms with Crippen LogP contribution >= 0.6 is 0 Å². The van der Waals surface area contributed by atoms with E-state index in [4.69, 9.17) is 4.74 Å². The minimum atomic E-state index is -0.742. The quantitative estimate of drug-likeness (QED) is 0.916. The molecular weight excluding hydrogens is 261 g/mol. The number of hydrogen-bond acceptors (Lipinski definition) is 5. The smallest absolute Gasteiger partial charge is 0.318 e. The number of rotatable bonds is 3. The van der Waals surface area contributed by atoms with E-state index in [-0.39, 0.29) is 5.54 Å². The summed E-state index contributed by atoms with van der Waals surface area (Å²) in [5.74, 6) is 0. The van der Waals surface area contributed by atoms with E-state index in [1.54, 1.807) is 12.5 Å². The maximum absolute atomic E-state index is 13.6. The fourth-order valence-electron chi connectivity index (χ4n) is 3.44. The van der Waals surface area contributed by atoms with Crippen LogP contribution in [0.4, 0.5) is 4.39 Å². The molecule has 0 amide bonds. The van der Waals surface area contributed by atoms with Crippen molar-refractivity contribution in [1.82, 2.24) is 24.8 Å². The average Bonchev–Trinajstić information content (AvgIpc) is 3.09. The van der Waals surface area contributed by atoms with Crippen molar-refractivity contribution in [1.29, 1.82) is 0 Å². The maximum atomic E-state index is 13.6. The summed E-state index contributed by atoms with van der Waals surface area (Å²) in [4.78, 5) is 17.6. The molecule has 1 N–H and O–H groups in total. The zero-order chi connectivity index (χ0) is 13.6. The number of H-pyrrole nitrogens is 1. The van der Waals surface area contributed by atoms with Crippen molar-refractivity contribution in [3.8, 4) is 6.01 Å². The van der Waals surface area contributed by atoms with E-state index in [9.17, 15) is 4.39 Å². The Morgan fingerprint density at radius 1 is 1.50 bits per heavy atom. The molecule has 106 valence electrons. The van der Waals surface area contributed by atoms with Gasteiger partial charge in [-0.3, -0.25) is 4.90 Å². The van der Waals surface area contributed by atoms with E-state index >= 15 is 0 Å². The number of halogens is 1. The molecule has 2 aliphatic rings. The van der Waals surface area contributed by atoms with Crippen LogP contribution in [0, 0.1) is 0 Å². The molecule has 6 nitrogen and oxygen atoms in total. The molecule has 4 rings (SSSR count). The Hall–Kier alpha value is -1.76. The van der Waals surface area contributed by atoms with Crippen molar-refractivity contribution < 1.29 is 9.13 Å². The average molecular weight is 277 g/mol. The molecule has 0 spiro atoms. The lowest BCUT2D eigenvalue weighted by molar-refractivity contribution is 0.107. The molecule has 2 aromatic rings. The first-order valence-corrected chi connectivity index (χ1v) is 6.93. The third-order valence-corrected chi connectivity index (χ3v) is 4.38. The van der Waals surface area contributed by atoms with Gasteiger partial charge in [0.25, 0.3) is 0 Å². The molecule has 0 unspecified atom stereocenters. The van der Waals surface area contributed by atoms with Gasteiger partial charge in [-0.25, -0.2) is 14.4 Å². The number of ether oxygens (including phenoxy) is 1. The van der Waals surface area contributed by atoms with Crippen molar-refractivity contribution in [2.75, 3.05) is 19.7 Å². The van der Waals surface area contributed by atoms with Gasteiger partial charge in [-0.1, -0.05) is 0 Å². The summed E-state index contributed by atoms with van der Waals surface area (Å²) in [5.41, 5.74) is 1.21. The second-order valence-corrected chi connectivity index (χ2v) is 5.66. The van der Waals surface area contributed by atoms with E-state index < -0.39 is 6.17 Å². The lowest BCUT2D eigenvalue weighted by Crippen LogP contribution is -2.43. The first-order valence-electron chi connectivity index (χ1n) is 6.93. The molecule has 2 aromatic heterocycles. The summed E-state index contributed by atoms with van der Waals surface area (Å²) < 4.78 is 19.4. The van der Waals surface area contributed by atoms with Crippen LogP contribution in [-0.4, -0.2) is 56.2 Å². The van der Waals surface area contributed by atoms with Gasteiger partial charge in [0.1, 0.15) is 18.3 Å². The van der Waals surface area contributed by atoms with Crippen LogP contribution in [0.2, 0.25) is 0 Å². The molecule has 7 heteroatoms. The lowest BCUT2D eigenvalue weighted by atomic mass is 9.95. The number of aromatic nitrogens is 4. The van der Waals surface area contributed by atoms with Gasteiger partial charge in [-0.05, 0) is 19.4 Å². The predicted molar refractivity (Wildman–Crippen MR) is 70.2 cm³/mol. The minimum absolute atomic E-state index is 0.163. The summed E-state index contributed by atoms with van der Waals surface area (Å²) in [6.07, 6.45) is 5.13. The zero-order valence-electron chi connectivity index (χ0n) is 11.0. The van der Waals surface area contributed by atoms with Crippen molar-refractivity contribution in [2.45, 2.75) is 31.0 Å². The van der Waals surface area contributed by atoms with Crippen LogP contribution in [0.3, 0.4) is 0 Å². The topological polar surface area (TPSA) is 66.9 Å². The van der Waals surface area contributed by atoms with Gasteiger partial charge in [0.05, 0.1) is 18.1 Å². The second kappa shape index (κ2) is 4.37. The number of nitrogens with one attached hydrogen (secondary N) is 1. The predicted octanol–water partition coefficient (Wildman–Crippen LogP) is 1.31. The molecule has 0 aliphatic carbocycles. The molecule has 2 aliphatic heterocycles. The van der Waals surface area contributed by atoms with E-state index in [2.05, 4.69) is 24.8 Å². The highest BCUT2D eigenvalue weighted by Gasteiger charge is 2.49. The number of alkyl halides is 1. The summed E-state index contributed by atoms with van der Waals surface area (Å²) >= 11 is 0. The Kier molecular flexibility index (Phi) is 2.63. The molecule has 2 saturated heterocycles. The van der Waals surface area contributed by atoms with Gasteiger partial charge in [-0.2, -0.15) is 4.98 Å². The molecule has 0 radical (unpaired) electrons. The van der Waals surface area contributed by atoms with Crippen molar-refractivity contribution in [2.24, 2.45) is 0 Å². The summed E-state index contributed by atoms with van der Waals surface area (Å²) in [6.45, 7) is 1.94. The highest BCUT2D eigenvalue weighted by atomic mass is 19.1. The number of hydrogen-bond donors (Lipinski definition) is 1. The van der Waals surface area contributed by atoms with E-state index in [0.717, 1.165) is 24.9 Å². The standard InChI is InChI=1S/C13H16FN5O/c14-9-4-13(2-1-3-19(13)6-9)7-20-12-15-5-10-11(18-12)17-8-16-10/h5,8-9H,1-4,6-7H2,(H,15,16,17,18)/t9-,13+/m1/s1. The SMILES string of the molecule is F[C@H]1CN2CCC[C@@]2(COc2ncc3[nH]cnc3n2)C1. The van der Waals surface area contributed by atoms with Crippen molar-refractivity contribution in [3.05, 3.63) is 12.5 Å². The Bertz CT molecular complexity index is 632. The van der Waals surface area contributed by atoms with Crippen molar-refractivity contribution in [3.63, 3.8) is 0 Å². The van der Waals surface area contributed by atoms with Crippen LogP contribution in [-0.2, 0) is 0 Å².